The summed E-state index contributed by atoms with van der Waals surface area (Å²) in [6.45, 7) is 8.46. The van der Waals surface area contributed by atoms with E-state index in [4.69, 9.17) is 4.74 Å². The summed E-state index contributed by atoms with van der Waals surface area (Å²) in [5.41, 5.74) is 0.496. The highest BCUT2D eigenvalue weighted by Crippen LogP contribution is 2.39. The molecule has 1 saturated heterocycles. The van der Waals surface area contributed by atoms with Gasteiger partial charge in [0, 0.05) is 24.4 Å². The maximum absolute atomic E-state index is 11.7. The van der Waals surface area contributed by atoms with E-state index >= 15 is 0 Å². The van der Waals surface area contributed by atoms with Crippen LogP contribution in [-0.4, -0.2) is 39.0 Å². The molecule has 1 fully saturated rings. The van der Waals surface area contributed by atoms with E-state index in [1.807, 2.05) is 47.0 Å². The van der Waals surface area contributed by atoms with Crippen molar-refractivity contribution in [3.8, 4) is 0 Å². The summed E-state index contributed by atoms with van der Waals surface area (Å²) in [5, 5.41) is 9.64. The quantitative estimate of drug-likeness (QED) is 0.932. The van der Waals surface area contributed by atoms with E-state index in [0.29, 0.717) is 6.61 Å². The summed E-state index contributed by atoms with van der Waals surface area (Å²) in [6, 6.07) is 4.08. The van der Waals surface area contributed by atoms with Crippen LogP contribution in [0.3, 0.4) is 0 Å². The Labute approximate surface area is 126 Å². The molecule has 0 unspecified atom stereocenters. The second kappa shape index (κ2) is 5.37. The molecule has 5 nitrogen and oxygen atoms in total. The Morgan fingerprint density at radius 3 is 2.67 bits per heavy atom. The highest BCUT2D eigenvalue weighted by Gasteiger charge is 2.50. The second-order valence-electron chi connectivity index (χ2n) is 7.29. The molecule has 0 bridgehead atoms. The lowest BCUT2D eigenvalue weighted by Gasteiger charge is -2.38. The number of aromatic nitrogens is 1. The molecule has 1 N–H and O–H groups in total. The summed E-state index contributed by atoms with van der Waals surface area (Å²) in [5.74, 6) is 0. The average Bonchev–Trinajstić information content (AvgIpc) is 2.90. The Morgan fingerprint density at radius 1 is 1.52 bits per heavy atom. The molecule has 2 atom stereocenters. The van der Waals surface area contributed by atoms with Gasteiger partial charge in [0.25, 0.3) is 0 Å². The van der Waals surface area contributed by atoms with E-state index in [2.05, 4.69) is 10.6 Å². The molecule has 0 radical (unpaired) electrons. The first-order valence-corrected chi connectivity index (χ1v) is 7.39. The van der Waals surface area contributed by atoms with Gasteiger partial charge in [0.2, 0.25) is 0 Å². The van der Waals surface area contributed by atoms with E-state index < -0.39 is 17.9 Å². The molecule has 118 valence electrons. The maximum atomic E-state index is 11.7. The first-order chi connectivity index (χ1) is 9.65. The van der Waals surface area contributed by atoms with E-state index in [-0.39, 0.29) is 5.41 Å². The number of amides is 1. The highest BCUT2D eigenvalue weighted by atomic mass is 16.5. The minimum atomic E-state index is -0.901. The zero-order valence-electron chi connectivity index (χ0n) is 13.6. The summed E-state index contributed by atoms with van der Waals surface area (Å²) >= 11 is 0. The minimum absolute atomic E-state index is 0.235. The van der Waals surface area contributed by atoms with Crippen LogP contribution in [0.25, 0.3) is 0 Å². The molecule has 2 rings (SSSR count). The van der Waals surface area contributed by atoms with Gasteiger partial charge in [-0.3, -0.25) is 4.90 Å². The number of rotatable bonds is 3. The molecule has 1 aromatic rings. The normalized spacial score (nSPS) is 26.3. The Balaban J connectivity index is 2.16. The third-order valence-corrected chi connectivity index (χ3v) is 4.29. The van der Waals surface area contributed by atoms with Crippen LogP contribution in [-0.2, 0) is 18.2 Å². The molecule has 0 spiro atoms. The zero-order chi connectivity index (χ0) is 15.8. The molecule has 2 heterocycles. The SMILES string of the molecule is Cn1cccc1CC[C@]1(C)CO[C@H](C(C)(C)C)N1C(=O)O. The first kappa shape index (κ1) is 15.9. The molecule has 1 amide bonds. The van der Waals surface area contributed by atoms with Crippen molar-refractivity contribution in [2.45, 2.75) is 52.3 Å². The molecular weight excluding hydrogens is 268 g/mol. The number of carboxylic acid groups (broad SMARTS) is 1. The minimum Gasteiger partial charge on any atom is -0.465 e. The molecule has 0 saturated carbocycles. The van der Waals surface area contributed by atoms with Crippen LogP contribution in [0.4, 0.5) is 4.79 Å². The fourth-order valence-electron chi connectivity index (χ4n) is 3.00. The summed E-state index contributed by atoms with van der Waals surface area (Å²) in [7, 11) is 2.01. The van der Waals surface area contributed by atoms with Crippen LogP contribution in [0, 0.1) is 5.41 Å². The van der Waals surface area contributed by atoms with Gasteiger partial charge in [0.15, 0.2) is 0 Å². The van der Waals surface area contributed by atoms with E-state index in [9.17, 15) is 9.90 Å². The molecule has 0 aromatic carbocycles. The zero-order valence-corrected chi connectivity index (χ0v) is 13.6. The van der Waals surface area contributed by atoms with Crippen LogP contribution >= 0.6 is 0 Å². The predicted octanol–water partition coefficient (Wildman–Crippen LogP) is 3.10. The van der Waals surface area contributed by atoms with Crippen molar-refractivity contribution >= 4 is 6.09 Å². The average molecular weight is 294 g/mol. The van der Waals surface area contributed by atoms with Crippen molar-refractivity contribution in [1.82, 2.24) is 9.47 Å². The van der Waals surface area contributed by atoms with Crippen molar-refractivity contribution in [3.63, 3.8) is 0 Å². The van der Waals surface area contributed by atoms with Gasteiger partial charge in [0.05, 0.1) is 12.1 Å². The van der Waals surface area contributed by atoms with E-state index in [1.54, 1.807) is 0 Å². The van der Waals surface area contributed by atoms with Gasteiger partial charge in [-0.1, -0.05) is 20.8 Å². The summed E-state index contributed by atoms with van der Waals surface area (Å²) in [6.07, 6.45) is 2.30. The number of hydrogen-bond acceptors (Lipinski definition) is 2. The van der Waals surface area contributed by atoms with Crippen LogP contribution in [0.2, 0.25) is 0 Å². The third-order valence-electron chi connectivity index (χ3n) is 4.29. The topological polar surface area (TPSA) is 54.7 Å². The largest absolute Gasteiger partial charge is 0.465 e. The number of carbonyl (C=O) groups is 1. The Bertz CT molecular complexity index is 518. The number of ether oxygens (including phenoxy) is 1. The van der Waals surface area contributed by atoms with Crippen LogP contribution in [0.1, 0.15) is 39.8 Å². The molecule has 21 heavy (non-hydrogen) atoms. The van der Waals surface area contributed by atoms with Crippen molar-refractivity contribution in [3.05, 3.63) is 24.0 Å². The van der Waals surface area contributed by atoms with Gasteiger partial charge in [0.1, 0.15) is 6.23 Å². The Hall–Kier alpha value is -1.49. The Morgan fingerprint density at radius 2 is 2.19 bits per heavy atom. The molecule has 1 aliphatic heterocycles. The first-order valence-electron chi connectivity index (χ1n) is 7.39. The van der Waals surface area contributed by atoms with Gasteiger partial charge in [-0.15, -0.1) is 0 Å². The van der Waals surface area contributed by atoms with Gasteiger partial charge in [-0.25, -0.2) is 4.79 Å². The third kappa shape index (κ3) is 3.07. The van der Waals surface area contributed by atoms with E-state index in [1.165, 1.54) is 10.6 Å². The van der Waals surface area contributed by atoms with Crippen LogP contribution in [0.15, 0.2) is 18.3 Å². The van der Waals surface area contributed by atoms with Gasteiger partial charge in [-0.05, 0) is 31.9 Å². The van der Waals surface area contributed by atoms with Crippen molar-refractivity contribution in [1.29, 1.82) is 0 Å². The molecular formula is C16H26N2O3. The van der Waals surface area contributed by atoms with Crippen LogP contribution < -0.4 is 0 Å². The summed E-state index contributed by atoms with van der Waals surface area (Å²) < 4.78 is 7.92. The molecule has 5 heteroatoms. The van der Waals surface area contributed by atoms with Gasteiger partial charge < -0.3 is 14.4 Å². The lowest BCUT2D eigenvalue weighted by Crippen LogP contribution is -2.53. The molecule has 1 aliphatic rings. The van der Waals surface area contributed by atoms with Crippen molar-refractivity contribution in [2.24, 2.45) is 12.5 Å². The summed E-state index contributed by atoms with van der Waals surface area (Å²) in [4.78, 5) is 13.3. The number of nitrogens with zero attached hydrogens (tertiary/aromatic N) is 2. The number of hydrogen-bond donors (Lipinski definition) is 1. The lowest BCUT2D eigenvalue weighted by molar-refractivity contribution is -0.0433. The number of aryl methyl sites for hydroxylation is 2. The van der Waals surface area contributed by atoms with Crippen molar-refractivity contribution in [2.75, 3.05) is 6.61 Å². The van der Waals surface area contributed by atoms with Gasteiger partial charge in [-0.2, -0.15) is 0 Å². The predicted molar refractivity (Wildman–Crippen MR) is 81.2 cm³/mol. The second-order valence-corrected chi connectivity index (χ2v) is 7.29. The van der Waals surface area contributed by atoms with Crippen molar-refractivity contribution < 1.29 is 14.6 Å². The molecule has 1 aromatic heterocycles. The smallest absolute Gasteiger partial charge is 0.409 e. The fraction of sp³-hybridized carbons (Fsp3) is 0.688. The Kier molecular flexibility index (Phi) is 4.06. The van der Waals surface area contributed by atoms with Crippen LogP contribution in [0.5, 0.6) is 0 Å². The maximum Gasteiger partial charge on any atom is 0.409 e. The van der Waals surface area contributed by atoms with E-state index in [0.717, 1.165) is 12.8 Å². The fourth-order valence-corrected chi connectivity index (χ4v) is 3.00. The monoisotopic (exact) mass is 294 g/mol. The standard InChI is InChI=1S/C16H26N2O3/c1-15(2,3)13-18(14(19)20)16(4,11-21-13)9-8-12-7-6-10-17(12)5/h6-7,10,13H,8-9,11H2,1-5H3,(H,19,20)/t13-,16-/m1/s1. The molecule has 0 aliphatic carbocycles. The lowest BCUT2D eigenvalue weighted by atomic mass is 9.89. The highest BCUT2D eigenvalue weighted by molar-refractivity contribution is 5.67. The van der Waals surface area contributed by atoms with Gasteiger partial charge >= 0.3 is 6.09 Å².